The number of alkyl halides is 3. The van der Waals surface area contributed by atoms with Gasteiger partial charge in [-0.05, 0) is 37.1 Å². The summed E-state index contributed by atoms with van der Waals surface area (Å²) in [5.74, 6) is -0.231. The van der Waals surface area contributed by atoms with Crippen LogP contribution in [0.25, 0.3) is 0 Å². The number of hydrogen-bond donors (Lipinski definition) is 1. The predicted octanol–water partition coefficient (Wildman–Crippen LogP) is 5.07. The van der Waals surface area contributed by atoms with Crippen LogP contribution in [0.1, 0.15) is 24.1 Å². The highest BCUT2D eigenvalue weighted by Gasteiger charge is 2.32. The second-order valence-electron chi connectivity index (χ2n) is 4.77. The lowest BCUT2D eigenvalue weighted by Gasteiger charge is -2.20. The number of ether oxygens (including phenoxy) is 1. The molecule has 21 heavy (non-hydrogen) atoms. The van der Waals surface area contributed by atoms with Crippen molar-refractivity contribution >= 4 is 5.69 Å². The normalized spacial score (nSPS) is 12.8. The molecule has 0 aliphatic heterocycles. The monoisotopic (exact) mass is 295 g/mol. The maximum atomic E-state index is 12.4. The molecular weight excluding hydrogens is 279 g/mol. The van der Waals surface area contributed by atoms with E-state index in [1.54, 1.807) is 12.1 Å². The molecule has 0 radical (unpaired) electrons. The molecule has 5 heteroatoms. The van der Waals surface area contributed by atoms with Crippen molar-refractivity contribution in [2.45, 2.75) is 26.3 Å². The average molecular weight is 295 g/mol. The van der Waals surface area contributed by atoms with Crippen LogP contribution in [0.4, 0.5) is 18.9 Å². The zero-order valence-electron chi connectivity index (χ0n) is 11.7. The van der Waals surface area contributed by atoms with Gasteiger partial charge in [0, 0.05) is 6.04 Å². The van der Waals surface area contributed by atoms with Crippen molar-refractivity contribution in [3.8, 4) is 5.75 Å². The van der Waals surface area contributed by atoms with Crippen LogP contribution in [-0.2, 0) is 0 Å². The van der Waals surface area contributed by atoms with Crippen molar-refractivity contribution in [1.82, 2.24) is 0 Å². The molecule has 0 aliphatic rings. The third-order valence-corrected chi connectivity index (χ3v) is 3.14. The first-order valence-corrected chi connectivity index (χ1v) is 6.53. The Balaban J connectivity index is 2.22. The molecule has 2 aromatic carbocycles. The highest BCUT2D eigenvalue weighted by molar-refractivity contribution is 5.57. The summed E-state index contributed by atoms with van der Waals surface area (Å²) in [6.07, 6.45) is -4.70. The molecule has 1 unspecified atom stereocenters. The number of hydrogen-bond acceptors (Lipinski definition) is 2. The third-order valence-electron chi connectivity index (χ3n) is 3.14. The van der Waals surface area contributed by atoms with Gasteiger partial charge in [-0.3, -0.25) is 0 Å². The summed E-state index contributed by atoms with van der Waals surface area (Å²) in [4.78, 5) is 0. The van der Waals surface area contributed by atoms with Gasteiger partial charge in [0.25, 0.3) is 0 Å². The lowest BCUT2D eigenvalue weighted by atomic mass is 10.0. The summed E-state index contributed by atoms with van der Waals surface area (Å²) in [5, 5.41) is 3.07. The summed E-state index contributed by atoms with van der Waals surface area (Å²) < 4.78 is 41.2. The van der Waals surface area contributed by atoms with E-state index in [-0.39, 0.29) is 11.8 Å². The molecule has 0 fully saturated rings. The summed E-state index contributed by atoms with van der Waals surface area (Å²) in [6.45, 7) is 3.86. The Hall–Kier alpha value is -2.17. The van der Waals surface area contributed by atoms with E-state index in [4.69, 9.17) is 0 Å². The van der Waals surface area contributed by atoms with Gasteiger partial charge in [0.15, 0.2) is 5.75 Å². The number of anilines is 1. The van der Waals surface area contributed by atoms with Gasteiger partial charge in [-0.2, -0.15) is 0 Å². The Morgan fingerprint density at radius 1 is 1.00 bits per heavy atom. The van der Waals surface area contributed by atoms with E-state index < -0.39 is 6.36 Å². The van der Waals surface area contributed by atoms with Crippen molar-refractivity contribution < 1.29 is 17.9 Å². The van der Waals surface area contributed by atoms with Crippen LogP contribution >= 0.6 is 0 Å². The molecule has 0 spiro atoms. The topological polar surface area (TPSA) is 21.3 Å². The summed E-state index contributed by atoms with van der Waals surface area (Å²) in [5.41, 5.74) is 2.41. The maximum Gasteiger partial charge on any atom is 0.573 e. The molecule has 2 rings (SSSR count). The predicted molar refractivity (Wildman–Crippen MR) is 76.3 cm³/mol. The molecule has 2 nitrogen and oxygen atoms in total. The molecule has 0 saturated carbocycles. The fraction of sp³-hybridized carbons (Fsp3) is 0.250. The maximum absolute atomic E-state index is 12.4. The molecule has 1 N–H and O–H groups in total. The van der Waals surface area contributed by atoms with Crippen LogP contribution in [0.3, 0.4) is 0 Å². The zero-order chi connectivity index (χ0) is 15.5. The largest absolute Gasteiger partial charge is 0.573 e. The highest BCUT2D eigenvalue weighted by Crippen LogP contribution is 2.32. The Kier molecular flexibility index (Phi) is 4.40. The smallest absolute Gasteiger partial charge is 0.404 e. The van der Waals surface area contributed by atoms with Gasteiger partial charge >= 0.3 is 6.36 Å². The van der Waals surface area contributed by atoms with Crippen molar-refractivity contribution in [3.63, 3.8) is 0 Å². The van der Waals surface area contributed by atoms with Gasteiger partial charge in [0.05, 0.1) is 5.69 Å². The molecule has 0 amide bonds. The number of rotatable bonds is 4. The second-order valence-corrected chi connectivity index (χ2v) is 4.77. The minimum Gasteiger partial charge on any atom is -0.404 e. The minimum atomic E-state index is -4.70. The van der Waals surface area contributed by atoms with E-state index in [1.807, 2.05) is 38.1 Å². The summed E-state index contributed by atoms with van der Waals surface area (Å²) >= 11 is 0. The van der Waals surface area contributed by atoms with E-state index in [9.17, 15) is 13.2 Å². The molecule has 1 atom stereocenters. The highest BCUT2D eigenvalue weighted by atomic mass is 19.4. The molecule has 0 bridgehead atoms. The standard InChI is InChI=1S/C16H16F3NO/c1-11-7-3-4-8-13(11)12(2)20-14-9-5-6-10-15(14)21-16(17,18)19/h3-10,12,20H,1-2H3. The Bertz CT molecular complexity index is 610. The fourth-order valence-corrected chi connectivity index (χ4v) is 2.18. The van der Waals surface area contributed by atoms with Crippen molar-refractivity contribution in [2.24, 2.45) is 0 Å². The van der Waals surface area contributed by atoms with Crippen molar-refractivity contribution in [2.75, 3.05) is 5.32 Å². The first-order chi connectivity index (χ1) is 9.87. The average Bonchev–Trinajstić information content (AvgIpc) is 2.40. The van der Waals surface area contributed by atoms with Crippen molar-refractivity contribution in [3.05, 3.63) is 59.7 Å². The Morgan fingerprint density at radius 2 is 1.62 bits per heavy atom. The number of nitrogens with one attached hydrogen (secondary N) is 1. The molecule has 112 valence electrons. The van der Waals surface area contributed by atoms with Crippen LogP contribution in [0.2, 0.25) is 0 Å². The SMILES string of the molecule is Cc1ccccc1C(C)Nc1ccccc1OC(F)(F)F. The number of benzene rings is 2. The minimum absolute atomic E-state index is 0.135. The first-order valence-electron chi connectivity index (χ1n) is 6.53. The summed E-state index contributed by atoms with van der Waals surface area (Å²) in [6, 6.07) is 13.6. The van der Waals surface area contributed by atoms with Crippen LogP contribution in [0.5, 0.6) is 5.75 Å². The van der Waals surface area contributed by atoms with Gasteiger partial charge in [0.2, 0.25) is 0 Å². The Labute approximate surface area is 121 Å². The molecule has 0 saturated heterocycles. The molecule has 0 heterocycles. The lowest BCUT2D eigenvalue weighted by molar-refractivity contribution is -0.274. The van der Waals surface area contributed by atoms with Crippen LogP contribution in [-0.4, -0.2) is 6.36 Å². The van der Waals surface area contributed by atoms with Gasteiger partial charge < -0.3 is 10.1 Å². The molecule has 0 aromatic heterocycles. The molecule has 2 aromatic rings. The van der Waals surface area contributed by atoms with E-state index in [0.29, 0.717) is 5.69 Å². The third kappa shape index (κ3) is 4.15. The van der Waals surface area contributed by atoms with E-state index >= 15 is 0 Å². The van der Waals surface area contributed by atoms with Crippen LogP contribution in [0.15, 0.2) is 48.5 Å². The van der Waals surface area contributed by atoms with Crippen molar-refractivity contribution in [1.29, 1.82) is 0 Å². The van der Waals surface area contributed by atoms with E-state index in [0.717, 1.165) is 11.1 Å². The fourth-order valence-electron chi connectivity index (χ4n) is 2.18. The number of aryl methyl sites for hydroxylation is 1. The number of para-hydroxylation sites is 2. The molecular formula is C16H16F3NO. The van der Waals surface area contributed by atoms with Crippen LogP contribution < -0.4 is 10.1 Å². The quantitative estimate of drug-likeness (QED) is 0.850. The van der Waals surface area contributed by atoms with Gasteiger partial charge in [-0.1, -0.05) is 36.4 Å². The van der Waals surface area contributed by atoms with E-state index in [2.05, 4.69) is 10.1 Å². The number of halogens is 3. The van der Waals surface area contributed by atoms with Gasteiger partial charge in [-0.25, -0.2) is 0 Å². The van der Waals surface area contributed by atoms with Gasteiger partial charge in [-0.15, -0.1) is 13.2 Å². The first kappa shape index (κ1) is 15.2. The Morgan fingerprint density at radius 3 is 2.29 bits per heavy atom. The zero-order valence-corrected chi connectivity index (χ0v) is 11.7. The van der Waals surface area contributed by atoms with Crippen LogP contribution in [0, 0.1) is 6.92 Å². The summed E-state index contributed by atoms with van der Waals surface area (Å²) in [7, 11) is 0. The lowest BCUT2D eigenvalue weighted by Crippen LogP contribution is -2.18. The van der Waals surface area contributed by atoms with E-state index in [1.165, 1.54) is 12.1 Å². The second kappa shape index (κ2) is 6.08. The van der Waals surface area contributed by atoms with Gasteiger partial charge in [0.1, 0.15) is 0 Å². The molecule has 0 aliphatic carbocycles.